The number of hydrogen-bond acceptors (Lipinski definition) is 3. The topological polar surface area (TPSA) is 35.3 Å². The molecule has 3 nitrogen and oxygen atoms in total. The Morgan fingerprint density at radius 1 is 1.45 bits per heavy atom. The first-order chi connectivity index (χ1) is 5.47. The van der Waals surface area contributed by atoms with Crippen molar-refractivity contribution in [1.82, 2.24) is 4.98 Å². The van der Waals surface area contributed by atoms with E-state index in [-0.39, 0.29) is 6.10 Å². The highest BCUT2D eigenvalue weighted by atomic mass is 16.5. The average Bonchev–Trinajstić information content (AvgIpc) is 2.58. The number of hydrogen-bond donors (Lipinski definition) is 0. The van der Waals surface area contributed by atoms with E-state index < -0.39 is 0 Å². The normalized spacial score (nSPS) is 25.3. The molecule has 0 aliphatic carbocycles. The molecule has 0 radical (unpaired) electrons. The first-order valence-corrected chi connectivity index (χ1v) is 3.98. The van der Waals surface area contributed by atoms with Crippen LogP contribution in [0.25, 0.3) is 0 Å². The zero-order valence-corrected chi connectivity index (χ0v) is 6.32. The molecule has 11 heavy (non-hydrogen) atoms. The summed E-state index contributed by atoms with van der Waals surface area (Å²) < 4.78 is 10.6. The molecule has 2 rings (SSSR count). The van der Waals surface area contributed by atoms with E-state index in [1.807, 2.05) is 0 Å². The van der Waals surface area contributed by atoms with Crippen molar-refractivity contribution in [2.75, 3.05) is 6.61 Å². The van der Waals surface area contributed by atoms with E-state index >= 15 is 0 Å². The molecular weight excluding hydrogens is 142 g/mol. The molecule has 1 atom stereocenters. The van der Waals surface area contributed by atoms with Crippen LogP contribution < -0.4 is 0 Å². The van der Waals surface area contributed by atoms with Gasteiger partial charge in [-0.3, -0.25) is 0 Å². The van der Waals surface area contributed by atoms with Gasteiger partial charge in [-0.2, -0.15) is 0 Å². The van der Waals surface area contributed by atoms with Crippen LogP contribution in [-0.4, -0.2) is 11.6 Å². The van der Waals surface area contributed by atoms with E-state index in [1.54, 1.807) is 12.5 Å². The van der Waals surface area contributed by atoms with Crippen molar-refractivity contribution >= 4 is 0 Å². The molecule has 1 fully saturated rings. The first kappa shape index (κ1) is 6.85. The Morgan fingerprint density at radius 3 is 3.09 bits per heavy atom. The van der Waals surface area contributed by atoms with Crippen LogP contribution in [-0.2, 0) is 4.74 Å². The minimum Gasteiger partial charge on any atom is -0.446 e. The summed E-state index contributed by atoms with van der Waals surface area (Å²) in [6.07, 6.45) is 6.78. The van der Waals surface area contributed by atoms with Gasteiger partial charge < -0.3 is 9.15 Å². The SMILES string of the molecule is c1coc(C2CCCCO2)n1. The molecule has 3 heteroatoms. The molecule has 1 aliphatic rings. The molecule has 0 amide bonds. The van der Waals surface area contributed by atoms with Crippen LogP contribution in [0.2, 0.25) is 0 Å². The highest BCUT2D eigenvalue weighted by Gasteiger charge is 2.19. The lowest BCUT2D eigenvalue weighted by Crippen LogP contribution is -2.11. The van der Waals surface area contributed by atoms with Crippen molar-refractivity contribution in [1.29, 1.82) is 0 Å². The zero-order valence-electron chi connectivity index (χ0n) is 6.32. The number of oxazole rings is 1. The molecule has 60 valence electrons. The zero-order chi connectivity index (χ0) is 7.52. The van der Waals surface area contributed by atoms with Crippen molar-refractivity contribution in [3.63, 3.8) is 0 Å². The summed E-state index contributed by atoms with van der Waals surface area (Å²) in [4.78, 5) is 4.05. The van der Waals surface area contributed by atoms with Gasteiger partial charge in [0.1, 0.15) is 12.4 Å². The van der Waals surface area contributed by atoms with E-state index in [1.165, 1.54) is 6.42 Å². The first-order valence-electron chi connectivity index (χ1n) is 3.98. The summed E-state index contributed by atoms with van der Waals surface area (Å²) in [6, 6.07) is 0. The summed E-state index contributed by atoms with van der Waals surface area (Å²) in [7, 11) is 0. The second-order valence-corrected chi connectivity index (χ2v) is 2.73. The van der Waals surface area contributed by atoms with Gasteiger partial charge in [-0.25, -0.2) is 4.98 Å². The Morgan fingerprint density at radius 2 is 2.45 bits per heavy atom. The Labute approximate surface area is 65.4 Å². The van der Waals surface area contributed by atoms with Gasteiger partial charge in [-0.1, -0.05) is 0 Å². The molecule has 0 bridgehead atoms. The molecule has 1 aromatic rings. The van der Waals surface area contributed by atoms with Gasteiger partial charge in [0.05, 0.1) is 6.20 Å². The van der Waals surface area contributed by atoms with Crippen molar-refractivity contribution in [3.8, 4) is 0 Å². The lowest BCUT2D eigenvalue weighted by atomic mass is 10.1. The standard InChI is InChI=1S/C8H11NO2/c1-2-5-10-7(3-1)8-9-4-6-11-8/h4,6-7H,1-3,5H2. The monoisotopic (exact) mass is 153 g/mol. The number of aromatic nitrogens is 1. The van der Waals surface area contributed by atoms with E-state index in [0.29, 0.717) is 0 Å². The lowest BCUT2D eigenvalue weighted by molar-refractivity contribution is -0.00146. The summed E-state index contributed by atoms with van der Waals surface area (Å²) in [5.74, 6) is 0.727. The van der Waals surface area contributed by atoms with Crippen LogP contribution in [0.5, 0.6) is 0 Å². The molecule has 0 aromatic carbocycles. The molecule has 0 N–H and O–H groups in total. The van der Waals surface area contributed by atoms with Crippen molar-refractivity contribution in [3.05, 3.63) is 18.4 Å². The van der Waals surface area contributed by atoms with Gasteiger partial charge in [0, 0.05) is 6.61 Å². The highest BCUT2D eigenvalue weighted by Crippen LogP contribution is 2.25. The lowest BCUT2D eigenvalue weighted by Gasteiger charge is -2.19. The Balaban J connectivity index is 2.04. The van der Waals surface area contributed by atoms with Gasteiger partial charge in [0.15, 0.2) is 0 Å². The van der Waals surface area contributed by atoms with Crippen LogP contribution in [0.4, 0.5) is 0 Å². The third-order valence-electron chi connectivity index (χ3n) is 1.91. The molecule has 0 saturated carbocycles. The minimum absolute atomic E-state index is 0.110. The van der Waals surface area contributed by atoms with Crippen LogP contribution >= 0.6 is 0 Å². The van der Waals surface area contributed by atoms with Gasteiger partial charge in [-0.15, -0.1) is 0 Å². The predicted molar refractivity (Wildman–Crippen MR) is 39.0 cm³/mol. The molecule has 2 heterocycles. The molecular formula is C8H11NO2. The summed E-state index contributed by atoms with van der Waals surface area (Å²) in [6.45, 7) is 0.840. The Hall–Kier alpha value is -0.830. The van der Waals surface area contributed by atoms with Crippen LogP contribution in [0.3, 0.4) is 0 Å². The highest BCUT2D eigenvalue weighted by molar-refractivity contribution is 4.87. The van der Waals surface area contributed by atoms with Gasteiger partial charge >= 0.3 is 0 Å². The van der Waals surface area contributed by atoms with E-state index in [4.69, 9.17) is 9.15 Å². The van der Waals surface area contributed by atoms with Crippen molar-refractivity contribution in [2.24, 2.45) is 0 Å². The third kappa shape index (κ3) is 1.43. The fraction of sp³-hybridized carbons (Fsp3) is 0.625. The number of rotatable bonds is 1. The molecule has 1 aliphatic heterocycles. The smallest absolute Gasteiger partial charge is 0.223 e. The fourth-order valence-electron chi connectivity index (χ4n) is 1.33. The van der Waals surface area contributed by atoms with Crippen molar-refractivity contribution in [2.45, 2.75) is 25.4 Å². The van der Waals surface area contributed by atoms with Gasteiger partial charge in [-0.05, 0) is 19.3 Å². The second kappa shape index (κ2) is 3.05. The molecule has 1 unspecified atom stereocenters. The summed E-state index contributed by atoms with van der Waals surface area (Å²) >= 11 is 0. The van der Waals surface area contributed by atoms with E-state index in [9.17, 15) is 0 Å². The number of nitrogens with zero attached hydrogens (tertiary/aromatic N) is 1. The van der Waals surface area contributed by atoms with E-state index in [2.05, 4.69) is 4.98 Å². The van der Waals surface area contributed by atoms with Crippen LogP contribution in [0.15, 0.2) is 16.9 Å². The van der Waals surface area contributed by atoms with Gasteiger partial charge in [0.2, 0.25) is 5.89 Å². The summed E-state index contributed by atoms with van der Waals surface area (Å²) in [5.41, 5.74) is 0. The fourth-order valence-corrected chi connectivity index (χ4v) is 1.33. The maximum absolute atomic E-state index is 5.47. The Kier molecular flexibility index (Phi) is 1.90. The van der Waals surface area contributed by atoms with E-state index in [0.717, 1.165) is 25.3 Å². The van der Waals surface area contributed by atoms with Crippen molar-refractivity contribution < 1.29 is 9.15 Å². The largest absolute Gasteiger partial charge is 0.446 e. The predicted octanol–water partition coefficient (Wildman–Crippen LogP) is 1.92. The van der Waals surface area contributed by atoms with Gasteiger partial charge in [0.25, 0.3) is 0 Å². The maximum Gasteiger partial charge on any atom is 0.223 e. The number of ether oxygens (including phenoxy) is 1. The third-order valence-corrected chi connectivity index (χ3v) is 1.91. The summed E-state index contributed by atoms with van der Waals surface area (Å²) in [5, 5.41) is 0. The molecule has 1 aromatic heterocycles. The Bertz CT molecular complexity index is 202. The average molecular weight is 153 g/mol. The molecule has 0 spiro atoms. The minimum atomic E-state index is 0.110. The molecule has 1 saturated heterocycles. The van der Waals surface area contributed by atoms with Crippen LogP contribution in [0.1, 0.15) is 31.3 Å². The maximum atomic E-state index is 5.47. The second-order valence-electron chi connectivity index (χ2n) is 2.73. The quantitative estimate of drug-likeness (QED) is 0.618. The van der Waals surface area contributed by atoms with Crippen LogP contribution in [0, 0.1) is 0 Å².